The molecular formula is C20H28N8O4S. The number of anilines is 2. The standard InChI is InChI=1S/C20H28N8O4S/c1-6-32-10-8-14(3)27(4)28-18-16(17(25-28)20(29)26-33(5,30)31)22-12-23-19(18)24-15-11-13(2)7-9-21-15/h7,9,11-12,14H,6,8,10H2,1-5H3,(H,26,29)(H,21,22,23,24). The Bertz CT molecular complexity index is 1240. The van der Waals surface area contributed by atoms with Crippen LogP contribution in [0, 0.1) is 6.92 Å². The molecule has 1 amide bonds. The number of carbonyl (C=O) groups is 1. The summed E-state index contributed by atoms with van der Waals surface area (Å²) in [5.74, 6) is 0.0414. The van der Waals surface area contributed by atoms with Crippen molar-refractivity contribution in [3.8, 4) is 0 Å². The van der Waals surface area contributed by atoms with Gasteiger partial charge in [0, 0.05) is 32.5 Å². The van der Waals surface area contributed by atoms with Gasteiger partial charge >= 0.3 is 0 Å². The number of hydrogen-bond acceptors (Lipinski definition) is 10. The number of sulfonamides is 1. The number of ether oxygens (including phenoxy) is 1. The minimum atomic E-state index is -3.79. The molecule has 1 unspecified atom stereocenters. The number of aryl methyl sites for hydroxylation is 1. The predicted molar refractivity (Wildman–Crippen MR) is 125 cm³/mol. The Kier molecular flexibility index (Phi) is 7.43. The molecular weight excluding hydrogens is 448 g/mol. The van der Waals surface area contributed by atoms with E-state index < -0.39 is 15.9 Å². The minimum Gasteiger partial charge on any atom is -0.382 e. The molecule has 0 fully saturated rings. The van der Waals surface area contributed by atoms with E-state index in [0.29, 0.717) is 36.8 Å². The van der Waals surface area contributed by atoms with Crippen LogP contribution < -0.4 is 15.0 Å². The van der Waals surface area contributed by atoms with E-state index in [2.05, 4.69) is 25.4 Å². The molecule has 2 N–H and O–H groups in total. The average molecular weight is 477 g/mol. The summed E-state index contributed by atoms with van der Waals surface area (Å²) >= 11 is 0. The van der Waals surface area contributed by atoms with E-state index in [9.17, 15) is 13.2 Å². The zero-order chi connectivity index (χ0) is 24.2. The summed E-state index contributed by atoms with van der Waals surface area (Å²) < 4.78 is 30.7. The molecule has 3 heterocycles. The highest BCUT2D eigenvalue weighted by molar-refractivity contribution is 7.89. The van der Waals surface area contributed by atoms with Crippen LogP contribution in [-0.4, -0.2) is 71.7 Å². The van der Waals surface area contributed by atoms with Crippen molar-refractivity contribution in [2.24, 2.45) is 0 Å². The van der Waals surface area contributed by atoms with Crippen LogP contribution in [0.5, 0.6) is 0 Å². The lowest BCUT2D eigenvalue weighted by atomic mass is 10.2. The van der Waals surface area contributed by atoms with Crippen molar-refractivity contribution in [2.75, 3.05) is 36.8 Å². The highest BCUT2D eigenvalue weighted by atomic mass is 32.2. The molecule has 0 spiro atoms. The molecule has 33 heavy (non-hydrogen) atoms. The summed E-state index contributed by atoms with van der Waals surface area (Å²) in [6, 6.07) is 3.68. The lowest BCUT2D eigenvalue weighted by molar-refractivity contribution is 0.0977. The SMILES string of the molecule is CCOCCC(C)N(C)n1nc(C(=O)NS(C)(=O)=O)c2ncnc(Nc3cc(C)ccn3)c21. The van der Waals surface area contributed by atoms with Crippen LogP contribution in [0.25, 0.3) is 11.0 Å². The van der Waals surface area contributed by atoms with Gasteiger partial charge in [0.15, 0.2) is 17.0 Å². The Morgan fingerprint density at radius 1 is 1.30 bits per heavy atom. The van der Waals surface area contributed by atoms with Crippen molar-refractivity contribution >= 4 is 38.6 Å². The third-order valence-electron chi connectivity index (χ3n) is 4.92. The number of nitrogens with zero attached hydrogens (tertiary/aromatic N) is 6. The third kappa shape index (κ3) is 5.93. The summed E-state index contributed by atoms with van der Waals surface area (Å²) in [5, 5.41) is 9.37. The first-order valence-electron chi connectivity index (χ1n) is 10.4. The van der Waals surface area contributed by atoms with Crippen molar-refractivity contribution in [3.05, 3.63) is 35.9 Å². The number of aromatic nitrogens is 5. The number of amides is 1. The van der Waals surface area contributed by atoms with Gasteiger partial charge in [-0.05, 0) is 44.9 Å². The van der Waals surface area contributed by atoms with Gasteiger partial charge in [0.1, 0.15) is 17.7 Å². The second kappa shape index (κ2) is 10.1. The van der Waals surface area contributed by atoms with Gasteiger partial charge in [-0.2, -0.15) is 4.79 Å². The molecule has 0 radical (unpaired) electrons. The van der Waals surface area contributed by atoms with Gasteiger partial charge in [-0.15, -0.1) is 5.10 Å². The van der Waals surface area contributed by atoms with Crippen LogP contribution in [0.1, 0.15) is 36.3 Å². The molecule has 1 atom stereocenters. The van der Waals surface area contributed by atoms with Gasteiger partial charge in [-0.25, -0.2) is 28.1 Å². The van der Waals surface area contributed by atoms with Crippen molar-refractivity contribution in [3.63, 3.8) is 0 Å². The highest BCUT2D eigenvalue weighted by Gasteiger charge is 2.26. The quantitative estimate of drug-likeness (QED) is 0.411. The molecule has 178 valence electrons. The van der Waals surface area contributed by atoms with E-state index in [1.807, 2.05) is 49.7 Å². The largest absolute Gasteiger partial charge is 0.382 e. The maximum absolute atomic E-state index is 12.7. The number of pyridine rings is 1. The zero-order valence-corrected chi connectivity index (χ0v) is 20.0. The Morgan fingerprint density at radius 2 is 2.06 bits per heavy atom. The zero-order valence-electron chi connectivity index (χ0n) is 19.2. The van der Waals surface area contributed by atoms with E-state index in [0.717, 1.165) is 11.8 Å². The van der Waals surface area contributed by atoms with Gasteiger partial charge in [-0.1, -0.05) is 0 Å². The van der Waals surface area contributed by atoms with Gasteiger partial charge in [0.2, 0.25) is 10.0 Å². The minimum absolute atomic E-state index is 0.0318. The summed E-state index contributed by atoms with van der Waals surface area (Å²) in [5.41, 5.74) is 1.47. The van der Waals surface area contributed by atoms with Gasteiger partial charge in [0.05, 0.1) is 6.26 Å². The molecule has 13 heteroatoms. The molecule has 3 aromatic rings. The number of rotatable bonds is 10. The molecule has 12 nitrogen and oxygen atoms in total. The fourth-order valence-electron chi connectivity index (χ4n) is 3.12. The van der Waals surface area contributed by atoms with Gasteiger partial charge < -0.3 is 10.1 Å². The molecule has 0 aliphatic rings. The lowest BCUT2D eigenvalue weighted by Crippen LogP contribution is -2.40. The maximum Gasteiger partial charge on any atom is 0.287 e. The fraction of sp³-hybridized carbons (Fsp3) is 0.450. The maximum atomic E-state index is 12.7. The number of hydrogen-bond donors (Lipinski definition) is 2. The second-order valence-corrected chi connectivity index (χ2v) is 9.36. The Hall–Kier alpha value is -3.32. The normalized spacial score (nSPS) is 12.5. The smallest absolute Gasteiger partial charge is 0.287 e. The van der Waals surface area contributed by atoms with Crippen molar-refractivity contribution in [2.45, 2.75) is 33.2 Å². The van der Waals surface area contributed by atoms with Crippen LogP contribution in [0.2, 0.25) is 0 Å². The number of nitrogens with one attached hydrogen (secondary N) is 2. The second-order valence-electron chi connectivity index (χ2n) is 7.61. The van der Waals surface area contributed by atoms with Gasteiger partial charge in [-0.3, -0.25) is 9.80 Å². The monoisotopic (exact) mass is 476 g/mol. The fourth-order valence-corrected chi connectivity index (χ4v) is 3.55. The Labute approximate surface area is 192 Å². The summed E-state index contributed by atoms with van der Waals surface area (Å²) in [7, 11) is -1.99. The molecule has 0 aliphatic heterocycles. The van der Waals surface area contributed by atoms with E-state index in [-0.39, 0.29) is 17.3 Å². The molecule has 0 saturated carbocycles. The first-order chi connectivity index (χ1) is 15.6. The van der Waals surface area contributed by atoms with Crippen molar-refractivity contribution in [1.29, 1.82) is 0 Å². The molecule has 0 bridgehead atoms. The van der Waals surface area contributed by atoms with Crippen LogP contribution >= 0.6 is 0 Å². The van der Waals surface area contributed by atoms with Crippen LogP contribution in [-0.2, 0) is 14.8 Å². The highest BCUT2D eigenvalue weighted by Crippen LogP contribution is 2.26. The van der Waals surface area contributed by atoms with E-state index in [1.165, 1.54) is 11.1 Å². The molecule has 3 rings (SSSR count). The summed E-state index contributed by atoms with van der Waals surface area (Å²) in [6.07, 6.45) is 4.55. The Balaban J connectivity index is 2.11. The van der Waals surface area contributed by atoms with E-state index >= 15 is 0 Å². The van der Waals surface area contributed by atoms with E-state index in [1.54, 1.807) is 6.20 Å². The van der Waals surface area contributed by atoms with Crippen molar-refractivity contribution in [1.82, 2.24) is 29.6 Å². The van der Waals surface area contributed by atoms with Crippen LogP contribution in [0.3, 0.4) is 0 Å². The third-order valence-corrected chi connectivity index (χ3v) is 5.47. The summed E-state index contributed by atoms with van der Waals surface area (Å²) in [4.78, 5) is 27.1. The number of fused-ring (bicyclic) bond motifs is 1. The van der Waals surface area contributed by atoms with Crippen LogP contribution in [0.4, 0.5) is 11.6 Å². The first kappa shape index (κ1) is 24.3. The van der Waals surface area contributed by atoms with E-state index in [4.69, 9.17) is 4.74 Å². The molecule has 0 aromatic carbocycles. The first-order valence-corrected chi connectivity index (χ1v) is 12.3. The summed E-state index contributed by atoms with van der Waals surface area (Å²) in [6.45, 7) is 7.02. The average Bonchev–Trinajstić information content (AvgIpc) is 3.13. The predicted octanol–water partition coefficient (Wildman–Crippen LogP) is 1.35. The van der Waals surface area contributed by atoms with Gasteiger partial charge in [0.25, 0.3) is 5.91 Å². The lowest BCUT2D eigenvalue weighted by Gasteiger charge is -2.27. The Morgan fingerprint density at radius 3 is 2.73 bits per heavy atom. The molecule has 0 saturated heterocycles. The van der Waals surface area contributed by atoms with Crippen molar-refractivity contribution < 1.29 is 17.9 Å². The molecule has 3 aromatic heterocycles. The number of carbonyl (C=O) groups excluding carboxylic acids is 1. The topological polar surface area (TPSA) is 144 Å². The van der Waals surface area contributed by atoms with Crippen LogP contribution in [0.15, 0.2) is 24.7 Å². The molecule has 0 aliphatic carbocycles.